The molecular formula is C9H9BrFI. The first-order valence-electron chi connectivity index (χ1n) is 3.67. The van der Waals surface area contributed by atoms with Crippen molar-refractivity contribution in [2.45, 2.75) is 12.6 Å². The molecule has 0 aliphatic carbocycles. The Morgan fingerprint density at radius 2 is 2.08 bits per heavy atom. The van der Waals surface area contributed by atoms with Gasteiger partial charge in [-0.25, -0.2) is 4.39 Å². The van der Waals surface area contributed by atoms with Crippen molar-refractivity contribution in [3.8, 4) is 0 Å². The Balaban J connectivity index is 2.69. The molecular weight excluding hydrogens is 334 g/mol. The number of halogens is 3. The van der Waals surface area contributed by atoms with E-state index in [1.807, 2.05) is 24.3 Å². The van der Waals surface area contributed by atoms with E-state index in [-0.39, 0.29) is 0 Å². The van der Waals surface area contributed by atoms with Gasteiger partial charge in [0.15, 0.2) is 0 Å². The summed E-state index contributed by atoms with van der Waals surface area (Å²) in [7, 11) is 0. The monoisotopic (exact) mass is 342 g/mol. The Morgan fingerprint density at radius 1 is 1.42 bits per heavy atom. The predicted molar refractivity (Wildman–Crippen MR) is 61.6 cm³/mol. The summed E-state index contributed by atoms with van der Waals surface area (Å²) in [5.41, 5.74) is 1.04. The lowest BCUT2D eigenvalue weighted by Crippen LogP contribution is -2.05. The molecule has 0 amide bonds. The van der Waals surface area contributed by atoms with E-state index in [0.29, 0.717) is 10.8 Å². The molecule has 0 heterocycles. The number of alkyl halides is 2. The Hall–Kier alpha value is 0.360. The third-order valence-corrected chi connectivity index (χ3v) is 3.30. The van der Waals surface area contributed by atoms with Crippen LogP contribution in [0.3, 0.4) is 0 Å². The molecule has 0 saturated heterocycles. The van der Waals surface area contributed by atoms with E-state index >= 15 is 0 Å². The van der Waals surface area contributed by atoms with E-state index in [0.717, 1.165) is 10.0 Å². The lowest BCUT2D eigenvalue weighted by atomic mass is 10.1. The normalized spacial score (nSPS) is 12.9. The van der Waals surface area contributed by atoms with Crippen LogP contribution in [-0.2, 0) is 6.42 Å². The molecule has 0 spiro atoms. The van der Waals surface area contributed by atoms with Crippen LogP contribution in [0.15, 0.2) is 28.7 Å². The number of hydrogen-bond donors (Lipinski definition) is 0. The summed E-state index contributed by atoms with van der Waals surface area (Å²) >= 11 is 5.45. The van der Waals surface area contributed by atoms with Crippen molar-refractivity contribution in [3.63, 3.8) is 0 Å². The van der Waals surface area contributed by atoms with Crippen LogP contribution in [0, 0.1) is 0 Å². The highest BCUT2D eigenvalue weighted by molar-refractivity contribution is 14.1. The molecule has 1 unspecified atom stereocenters. The van der Waals surface area contributed by atoms with Gasteiger partial charge in [0.1, 0.15) is 6.17 Å². The number of rotatable bonds is 3. The molecule has 1 aromatic rings. The van der Waals surface area contributed by atoms with Gasteiger partial charge in [0.25, 0.3) is 0 Å². The zero-order valence-corrected chi connectivity index (χ0v) is 10.2. The fourth-order valence-electron chi connectivity index (χ4n) is 0.957. The summed E-state index contributed by atoms with van der Waals surface area (Å²) in [5, 5.41) is 0. The van der Waals surface area contributed by atoms with Crippen LogP contribution in [0.5, 0.6) is 0 Å². The average molecular weight is 343 g/mol. The van der Waals surface area contributed by atoms with Gasteiger partial charge in [-0.3, -0.25) is 0 Å². The average Bonchev–Trinajstić information content (AvgIpc) is 2.09. The summed E-state index contributed by atoms with van der Waals surface area (Å²) in [6.07, 6.45) is -0.228. The van der Waals surface area contributed by atoms with Gasteiger partial charge >= 0.3 is 0 Å². The fraction of sp³-hybridized carbons (Fsp3) is 0.333. The van der Waals surface area contributed by atoms with Gasteiger partial charge in [-0.1, -0.05) is 56.7 Å². The molecule has 0 saturated carbocycles. The van der Waals surface area contributed by atoms with E-state index in [1.54, 1.807) is 0 Å². The largest absolute Gasteiger partial charge is 0.246 e. The molecule has 0 N–H and O–H groups in total. The topological polar surface area (TPSA) is 0 Å². The van der Waals surface area contributed by atoms with Gasteiger partial charge in [0.2, 0.25) is 0 Å². The van der Waals surface area contributed by atoms with Gasteiger partial charge < -0.3 is 0 Å². The molecule has 0 aliphatic heterocycles. The van der Waals surface area contributed by atoms with E-state index in [1.165, 1.54) is 0 Å². The summed E-state index contributed by atoms with van der Waals surface area (Å²) < 4.78 is 14.5. The Kier molecular flexibility index (Phi) is 4.50. The van der Waals surface area contributed by atoms with Crippen molar-refractivity contribution in [1.29, 1.82) is 0 Å². The van der Waals surface area contributed by atoms with Crippen LogP contribution in [0.25, 0.3) is 0 Å². The maximum Gasteiger partial charge on any atom is 0.113 e. The van der Waals surface area contributed by atoms with Gasteiger partial charge in [-0.2, -0.15) is 0 Å². The minimum atomic E-state index is -0.732. The maximum atomic E-state index is 13.0. The van der Waals surface area contributed by atoms with Crippen molar-refractivity contribution in [2.75, 3.05) is 4.43 Å². The third-order valence-electron chi connectivity index (χ3n) is 1.57. The first-order chi connectivity index (χ1) is 5.74. The predicted octanol–water partition coefficient (Wildman–Crippen LogP) is 3.76. The van der Waals surface area contributed by atoms with E-state index < -0.39 is 6.17 Å². The van der Waals surface area contributed by atoms with Gasteiger partial charge in [0.05, 0.1) is 0 Å². The Morgan fingerprint density at radius 3 is 2.67 bits per heavy atom. The molecule has 1 atom stereocenters. The molecule has 0 aromatic heterocycles. The second-order valence-electron chi connectivity index (χ2n) is 2.55. The molecule has 1 aromatic carbocycles. The van der Waals surface area contributed by atoms with E-state index in [9.17, 15) is 4.39 Å². The van der Waals surface area contributed by atoms with Gasteiger partial charge in [-0.05, 0) is 11.6 Å². The summed E-state index contributed by atoms with van der Waals surface area (Å²) in [6.45, 7) is 0. The van der Waals surface area contributed by atoms with Crippen LogP contribution < -0.4 is 0 Å². The van der Waals surface area contributed by atoms with Crippen LogP contribution in [-0.4, -0.2) is 10.6 Å². The van der Waals surface area contributed by atoms with Crippen molar-refractivity contribution >= 4 is 38.5 Å². The Bertz CT molecular complexity index is 252. The number of hydrogen-bond acceptors (Lipinski definition) is 0. The molecule has 0 nitrogen and oxygen atoms in total. The summed E-state index contributed by atoms with van der Waals surface area (Å²) in [5.74, 6) is 0. The minimum absolute atomic E-state index is 0.504. The fourth-order valence-corrected chi connectivity index (χ4v) is 1.72. The lowest BCUT2D eigenvalue weighted by Gasteiger charge is -2.05. The molecule has 0 bridgehead atoms. The van der Waals surface area contributed by atoms with Crippen molar-refractivity contribution < 1.29 is 4.39 Å². The molecule has 0 fully saturated rings. The second-order valence-corrected chi connectivity index (χ2v) is 4.28. The highest BCUT2D eigenvalue weighted by Crippen LogP contribution is 2.18. The Labute approximate surface area is 93.8 Å². The first-order valence-corrected chi connectivity index (χ1v) is 5.99. The zero-order valence-electron chi connectivity index (χ0n) is 6.43. The van der Waals surface area contributed by atoms with Crippen LogP contribution in [0.2, 0.25) is 0 Å². The van der Waals surface area contributed by atoms with Crippen molar-refractivity contribution in [2.24, 2.45) is 0 Å². The lowest BCUT2D eigenvalue weighted by molar-refractivity contribution is 0.370. The highest BCUT2D eigenvalue weighted by Gasteiger charge is 2.07. The van der Waals surface area contributed by atoms with Gasteiger partial charge in [0, 0.05) is 15.3 Å². The molecule has 1 rings (SSSR count). The second kappa shape index (κ2) is 5.17. The van der Waals surface area contributed by atoms with Crippen molar-refractivity contribution in [3.05, 3.63) is 34.3 Å². The molecule has 12 heavy (non-hydrogen) atoms. The number of benzene rings is 1. The summed E-state index contributed by atoms with van der Waals surface area (Å²) in [6, 6.07) is 7.75. The first kappa shape index (κ1) is 10.4. The van der Waals surface area contributed by atoms with Crippen molar-refractivity contribution in [1.82, 2.24) is 0 Å². The summed E-state index contributed by atoms with van der Waals surface area (Å²) in [4.78, 5) is 0. The van der Waals surface area contributed by atoms with Crippen LogP contribution in [0.4, 0.5) is 4.39 Å². The molecule has 66 valence electrons. The minimum Gasteiger partial charge on any atom is -0.246 e. The van der Waals surface area contributed by atoms with Crippen LogP contribution >= 0.6 is 38.5 Å². The van der Waals surface area contributed by atoms with Crippen LogP contribution in [0.1, 0.15) is 5.56 Å². The smallest absolute Gasteiger partial charge is 0.113 e. The highest BCUT2D eigenvalue weighted by atomic mass is 127. The SMILES string of the molecule is FC(CI)Cc1ccccc1Br. The van der Waals surface area contributed by atoms with Gasteiger partial charge in [-0.15, -0.1) is 0 Å². The molecule has 3 heteroatoms. The maximum absolute atomic E-state index is 13.0. The standard InChI is InChI=1S/C9H9BrFI/c10-9-4-2-1-3-7(9)5-8(11)6-12/h1-4,8H,5-6H2. The third kappa shape index (κ3) is 3.01. The quantitative estimate of drug-likeness (QED) is 0.579. The molecule has 0 aliphatic rings. The zero-order chi connectivity index (χ0) is 8.97. The van der Waals surface area contributed by atoms with E-state index in [2.05, 4.69) is 38.5 Å². The van der Waals surface area contributed by atoms with E-state index in [4.69, 9.17) is 0 Å². The molecule has 0 radical (unpaired) electrons.